The van der Waals surface area contributed by atoms with Crippen LogP contribution in [-0.4, -0.2) is 49.1 Å². The first-order valence-corrected chi connectivity index (χ1v) is 8.68. The first kappa shape index (κ1) is 18.2. The fourth-order valence-electron chi connectivity index (χ4n) is 2.05. The van der Waals surface area contributed by atoms with E-state index in [2.05, 4.69) is 0 Å². The lowest BCUT2D eigenvalue weighted by molar-refractivity contribution is -0.138. The maximum Gasteiger partial charge on any atom is 0.323 e. The van der Waals surface area contributed by atoms with Gasteiger partial charge in [-0.2, -0.15) is 0 Å². The fraction of sp³-hybridized carbons (Fsp3) is 0.467. The summed E-state index contributed by atoms with van der Waals surface area (Å²) < 4.78 is 23.5. The number of aliphatic carboxylic acids is 1. The van der Waals surface area contributed by atoms with Crippen LogP contribution in [0.15, 0.2) is 17.0 Å². The second-order valence-electron chi connectivity index (χ2n) is 5.61. The lowest BCUT2D eigenvalue weighted by atomic mass is 10.0. The molecule has 0 bridgehead atoms. The van der Waals surface area contributed by atoms with Crippen molar-refractivity contribution in [3.63, 3.8) is 0 Å². The highest BCUT2D eigenvalue weighted by Gasteiger charge is 2.24. The Morgan fingerprint density at radius 1 is 1.23 bits per heavy atom. The van der Waals surface area contributed by atoms with Crippen LogP contribution in [0.1, 0.15) is 35.3 Å². The maximum absolute atomic E-state index is 12.6. The van der Waals surface area contributed by atoms with Crippen LogP contribution in [-0.2, 0) is 14.6 Å². The van der Waals surface area contributed by atoms with Gasteiger partial charge in [0.2, 0.25) is 0 Å². The molecule has 122 valence electrons. The van der Waals surface area contributed by atoms with Crippen LogP contribution in [0.2, 0.25) is 0 Å². The lowest BCUT2D eigenvalue weighted by Crippen LogP contribution is -2.41. The average Bonchev–Trinajstić information content (AvgIpc) is 2.36. The first-order chi connectivity index (χ1) is 9.95. The standard InChI is InChI=1S/C15H21NO5S/c1-9(2)16(8-14(17)18)15(19)13-7-12(22(5,20)21)6-10(3)11(13)4/h6-7,9H,8H2,1-5H3,(H,17,18). The van der Waals surface area contributed by atoms with Crippen molar-refractivity contribution in [2.75, 3.05) is 12.8 Å². The van der Waals surface area contributed by atoms with Crippen LogP contribution >= 0.6 is 0 Å². The molecule has 6 nitrogen and oxygen atoms in total. The van der Waals surface area contributed by atoms with Crippen LogP contribution in [0.4, 0.5) is 0 Å². The summed E-state index contributed by atoms with van der Waals surface area (Å²) in [5.41, 5.74) is 1.54. The van der Waals surface area contributed by atoms with Crippen LogP contribution in [0, 0.1) is 13.8 Å². The van der Waals surface area contributed by atoms with Gasteiger partial charge in [-0.1, -0.05) is 0 Å². The number of hydrogen-bond acceptors (Lipinski definition) is 4. The van der Waals surface area contributed by atoms with E-state index in [9.17, 15) is 18.0 Å². The maximum atomic E-state index is 12.6. The summed E-state index contributed by atoms with van der Waals surface area (Å²) in [6.07, 6.45) is 1.07. The highest BCUT2D eigenvalue weighted by molar-refractivity contribution is 7.90. The molecule has 1 amide bonds. The van der Waals surface area contributed by atoms with Crippen molar-refractivity contribution in [2.24, 2.45) is 0 Å². The minimum absolute atomic E-state index is 0.0537. The van der Waals surface area contributed by atoms with E-state index in [1.807, 2.05) is 0 Å². The molecule has 0 fully saturated rings. The molecule has 1 rings (SSSR count). The van der Waals surface area contributed by atoms with E-state index in [1.54, 1.807) is 27.7 Å². The highest BCUT2D eigenvalue weighted by atomic mass is 32.2. The van der Waals surface area contributed by atoms with E-state index in [-0.39, 0.29) is 16.5 Å². The Labute approximate surface area is 130 Å². The van der Waals surface area contributed by atoms with Gasteiger partial charge in [-0.3, -0.25) is 9.59 Å². The van der Waals surface area contributed by atoms with Crippen LogP contribution < -0.4 is 0 Å². The van der Waals surface area contributed by atoms with Gasteiger partial charge in [-0.25, -0.2) is 8.42 Å². The van der Waals surface area contributed by atoms with Gasteiger partial charge in [0.15, 0.2) is 9.84 Å². The summed E-state index contributed by atoms with van der Waals surface area (Å²) in [4.78, 5) is 24.8. The molecule has 0 aliphatic heterocycles. The molecular formula is C15H21NO5S. The molecule has 22 heavy (non-hydrogen) atoms. The molecule has 0 aliphatic rings. The predicted molar refractivity (Wildman–Crippen MR) is 82.8 cm³/mol. The number of rotatable bonds is 5. The zero-order valence-corrected chi connectivity index (χ0v) is 14.2. The third kappa shape index (κ3) is 4.07. The van der Waals surface area contributed by atoms with Crippen molar-refractivity contribution in [2.45, 2.75) is 38.6 Å². The number of benzene rings is 1. The van der Waals surface area contributed by atoms with Crippen molar-refractivity contribution in [3.05, 3.63) is 28.8 Å². The number of sulfone groups is 1. The third-order valence-corrected chi connectivity index (χ3v) is 4.58. The average molecular weight is 327 g/mol. The van der Waals surface area contributed by atoms with Gasteiger partial charge in [0.1, 0.15) is 6.54 Å². The second-order valence-corrected chi connectivity index (χ2v) is 7.62. The minimum Gasteiger partial charge on any atom is -0.480 e. The number of carboxylic acids is 1. The molecule has 0 atom stereocenters. The van der Waals surface area contributed by atoms with E-state index in [4.69, 9.17) is 5.11 Å². The Balaban J connectivity index is 3.44. The number of hydrogen-bond donors (Lipinski definition) is 1. The molecule has 0 aromatic heterocycles. The van der Waals surface area contributed by atoms with E-state index < -0.39 is 28.3 Å². The van der Waals surface area contributed by atoms with Gasteiger partial charge < -0.3 is 10.0 Å². The van der Waals surface area contributed by atoms with Crippen molar-refractivity contribution in [1.82, 2.24) is 4.90 Å². The van der Waals surface area contributed by atoms with Gasteiger partial charge in [0, 0.05) is 17.9 Å². The largest absolute Gasteiger partial charge is 0.480 e. The van der Waals surface area contributed by atoms with Crippen molar-refractivity contribution in [1.29, 1.82) is 0 Å². The molecular weight excluding hydrogens is 306 g/mol. The lowest BCUT2D eigenvalue weighted by Gasteiger charge is -2.26. The summed E-state index contributed by atoms with van der Waals surface area (Å²) in [7, 11) is -3.45. The topological polar surface area (TPSA) is 91.8 Å². The Kier molecular flexibility index (Phi) is 5.35. The smallest absolute Gasteiger partial charge is 0.323 e. The van der Waals surface area contributed by atoms with Gasteiger partial charge in [-0.15, -0.1) is 0 Å². The minimum atomic E-state index is -3.45. The Morgan fingerprint density at radius 2 is 1.77 bits per heavy atom. The number of amides is 1. The number of nitrogens with zero attached hydrogens (tertiary/aromatic N) is 1. The van der Waals surface area contributed by atoms with Crippen LogP contribution in [0.3, 0.4) is 0 Å². The number of carbonyl (C=O) groups is 2. The van der Waals surface area contributed by atoms with Gasteiger partial charge in [0.05, 0.1) is 4.90 Å². The molecule has 0 aliphatic carbocycles. The van der Waals surface area contributed by atoms with E-state index in [1.165, 1.54) is 17.0 Å². The van der Waals surface area contributed by atoms with Gasteiger partial charge in [0.25, 0.3) is 5.91 Å². The zero-order valence-electron chi connectivity index (χ0n) is 13.4. The summed E-state index contributed by atoms with van der Waals surface area (Å²) in [5.74, 6) is -1.60. The van der Waals surface area contributed by atoms with E-state index in [0.717, 1.165) is 6.26 Å². The third-order valence-electron chi connectivity index (χ3n) is 3.49. The molecule has 0 unspecified atom stereocenters. The molecule has 0 spiro atoms. The van der Waals surface area contributed by atoms with Crippen LogP contribution in [0.25, 0.3) is 0 Å². The van der Waals surface area contributed by atoms with Gasteiger partial charge >= 0.3 is 5.97 Å². The monoisotopic (exact) mass is 327 g/mol. The Bertz CT molecular complexity index is 707. The summed E-state index contributed by atoms with van der Waals surface area (Å²) in [6, 6.07) is 2.51. The number of carboxylic acid groups (broad SMARTS) is 1. The molecule has 0 saturated carbocycles. The number of aryl methyl sites for hydroxylation is 1. The molecule has 1 N–H and O–H groups in total. The predicted octanol–water partition coefficient (Wildman–Crippen LogP) is 1.64. The van der Waals surface area contributed by atoms with Crippen LogP contribution in [0.5, 0.6) is 0 Å². The molecule has 1 aromatic carbocycles. The molecule has 0 radical (unpaired) electrons. The second kappa shape index (κ2) is 6.48. The molecule has 7 heteroatoms. The van der Waals surface area contributed by atoms with Gasteiger partial charge in [-0.05, 0) is 51.0 Å². The normalized spacial score (nSPS) is 11.5. The Hall–Kier alpha value is -1.89. The quantitative estimate of drug-likeness (QED) is 0.887. The molecule has 1 aromatic rings. The van der Waals surface area contributed by atoms with Crippen molar-refractivity contribution >= 4 is 21.7 Å². The summed E-state index contributed by atoms with van der Waals surface area (Å²) >= 11 is 0. The molecule has 0 saturated heterocycles. The van der Waals surface area contributed by atoms with Crippen molar-refractivity contribution < 1.29 is 23.1 Å². The van der Waals surface area contributed by atoms with E-state index in [0.29, 0.717) is 11.1 Å². The van der Waals surface area contributed by atoms with E-state index >= 15 is 0 Å². The zero-order chi connectivity index (χ0) is 17.2. The molecule has 0 heterocycles. The highest BCUT2D eigenvalue weighted by Crippen LogP contribution is 2.22. The summed E-state index contributed by atoms with van der Waals surface area (Å²) in [5, 5.41) is 8.95. The fourth-order valence-corrected chi connectivity index (χ4v) is 2.77. The van der Waals surface area contributed by atoms with Crippen molar-refractivity contribution in [3.8, 4) is 0 Å². The first-order valence-electron chi connectivity index (χ1n) is 6.79. The Morgan fingerprint density at radius 3 is 2.18 bits per heavy atom. The summed E-state index contributed by atoms with van der Waals surface area (Å²) in [6.45, 7) is 6.43. The number of carbonyl (C=O) groups excluding carboxylic acids is 1. The SMILES string of the molecule is Cc1cc(S(C)(=O)=O)cc(C(=O)N(CC(=O)O)C(C)C)c1C.